The first kappa shape index (κ1) is 16.5. The van der Waals surface area contributed by atoms with E-state index in [1.807, 2.05) is 12.1 Å². The van der Waals surface area contributed by atoms with E-state index in [1.165, 1.54) is 4.90 Å². The van der Waals surface area contributed by atoms with Crippen molar-refractivity contribution in [2.75, 3.05) is 0 Å². The van der Waals surface area contributed by atoms with Gasteiger partial charge in [0.2, 0.25) is 0 Å². The maximum atomic E-state index is 12.9. The van der Waals surface area contributed by atoms with Gasteiger partial charge in [0, 0.05) is 12.4 Å². The Morgan fingerprint density at radius 3 is 2.52 bits per heavy atom. The molecular weight excluding hydrogens is 342 g/mol. The predicted molar refractivity (Wildman–Crippen MR) is 96.1 cm³/mol. The third-order valence-corrected chi connectivity index (χ3v) is 4.24. The molecule has 6 nitrogen and oxygen atoms in total. The van der Waals surface area contributed by atoms with Crippen molar-refractivity contribution in [2.24, 2.45) is 0 Å². The average Bonchev–Trinajstić information content (AvgIpc) is 2.95. The summed E-state index contributed by atoms with van der Waals surface area (Å²) in [5, 5.41) is 8.88. The van der Waals surface area contributed by atoms with Crippen molar-refractivity contribution in [3.8, 4) is 17.6 Å². The van der Waals surface area contributed by atoms with E-state index in [2.05, 4.69) is 4.98 Å². The van der Waals surface area contributed by atoms with Gasteiger partial charge in [-0.25, -0.2) is 0 Å². The van der Waals surface area contributed by atoms with E-state index in [-0.39, 0.29) is 18.0 Å². The molecule has 3 aromatic rings. The molecule has 0 saturated carbocycles. The second-order valence-corrected chi connectivity index (χ2v) is 5.97. The van der Waals surface area contributed by atoms with Gasteiger partial charge in [-0.2, -0.15) is 5.26 Å². The number of ether oxygens (including phenoxy) is 1. The molecule has 1 aromatic heterocycles. The zero-order valence-corrected chi connectivity index (χ0v) is 14.1. The molecule has 0 saturated heterocycles. The van der Waals surface area contributed by atoms with Crippen molar-refractivity contribution >= 4 is 11.8 Å². The van der Waals surface area contributed by atoms with Crippen LogP contribution in [0.15, 0.2) is 67.0 Å². The van der Waals surface area contributed by atoms with Crippen LogP contribution in [0.25, 0.3) is 0 Å². The van der Waals surface area contributed by atoms with Crippen molar-refractivity contribution in [2.45, 2.75) is 6.54 Å². The highest BCUT2D eigenvalue weighted by Gasteiger charge is 2.38. The number of carbonyl (C=O) groups excluding carboxylic acids is 2. The minimum atomic E-state index is -0.400. The van der Waals surface area contributed by atoms with Crippen LogP contribution >= 0.6 is 0 Å². The van der Waals surface area contributed by atoms with E-state index < -0.39 is 5.91 Å². The molecule has 0 atom stereocenters. The predicted octanol–water partition coefficient (Wildman–Crippen LogP) is 3.54. The molecule has 0 fully saturated rings. The Balaban J connectivity index is 1.65. The number of rotatable bonds is 4. The third-order valence-electron chi connectivity index (χ3n) is 4.24. The van der Waals surface area contributed by atoms with Crippen LogP contribution in [0.2, 0.25) is 0 Å². The van der Waals surface area contributed by atoms with Gasteiger partial charge < -0.3 is 4.74 Å². The molecule has 2 heterocycles. The quantitative estimate of drug-likeness (QED) is 0.669. The second kappa shape index (κ2) is 6.73. The van der Waals surface area contributed by atoms with Gasteiger partial charge in [-0.15, -0.1) is 0 Å². The fourth-order valence-corrected chi connectivity index (χ4v) is 2.93. The number of nitrogens with zero attached hydrogens (tertiary/aromatic N) is 3. The summed E-state index contributed by atoms with van der Waals surface area (Å²) in [6, 6.07) is 17.1. The van der Waals surface area contributed by atoms with Crippen LogP contribution < -0.4 is 4.74 Å². The molecule has 130 valence electrons. The third kappa shape index (κ3) is 3.02. The number of hydrogen-bond acceptors (Lipinski definition) is 5. The summed E-state index contributed by atoms with van der Waals surface area (Å²) in [6.45, 7) is 0.149. The van der Waals surface area contributed by atoms with E-state index in [4.69, 9.17) is 10.00 Å². The lowest BCUT2D eigenvalue weighted by Crippen LogP contribution is -2.29. The Labute approximate surface area is 155 Å². The molecule has 1 aliphatic heterocycles. The number of aromatic nitrogens is 1. The lowest BCUT2D eigenvalue weighted by Gasteiger charge is -2.13. The van der Waals surface area contributed by atoms with Gasteiger partial charge in [0.25, 0.3) is 11.8 Å². The molecular formula is C21H13N3O3. The lowest BCUT2D eigenvalue weighted by molar-refractivity contribution is 0.0641. The van der Waals surface area contributed by atoms with Gasteiger partial charge in [0.1, 0.15) is 11.5 Å². The monoisotopic (exact) mass is 355 g/mol. The van der Waals surface area contributed by atoms with Gasteiger partial charge >= 0.3 is 0 Å². The zero-order valence-electron chi connectivity index (χ0n) is 14.1. The Hall–Kier alpha value is -3.98. The number of imide groups is 1. The van der Waals surface area contributed by atoms with Crippen LogP contribution in [-0.2, 0) is 6.54 Å². The van der Waals surface area contributed by atoms with E-state index in [9.17, 15) is 9.59 Å². The molecule has 1 aliphatic rings. The minimum absolute atomic E-state index is 0.149. The molecule has 0 unspecified atom stereocenters. The highest BCUT2D eigenvalue weighted by Crippen LogP contribution is 2.34. The van der Waals surface area contributed by atoms with Crippen molar-refractivity contribution in [3.05, 3.63) is 89.2 Å². The molecule has 2 amide bonds. The van der Waals surface area contributed by atoms with E-state index in [0.29, 0.717) is 22.6 Å². The fraction of sp³-hybridized carbons (Fsp3) is 0.0476. The maximum Gasteiger partial charge on any atom is 0.265 e. The number of nitriles is 1. The number of hydrogen-bond donors (Lipinski definition) is 0. The number of pyridine rings is 1. The summed E-state index contributed by atoms with van der Waals surface area (Å²) in [7, 11) is 0. The summed E-state index contributed by atoms with van der Waals surface area (Å²) < 4.78 is 5.82. The highest BCUT2D eigenvalue weighted by atomic mass is 16.5. The van der Waals surface area contributed by atoms with Crippen LogP contribution in [0.4, 0.5) is 0 Å². The summed E-state index contributed by atoms with van der Waals surface area (Å²) in [5.74, 6) is 0.0323. The molecule has 0 bridgehead atoms. The Morgan fingerprint density at radius 2 is 1.81 bits per heavy atom. The van der Waals surface area contributed by atoms with Crippen LogP contribution in [0.5, 0.6) is 11.5 Å². The number of fused-ring (bicyclic) bond motifs is 1. The number of amides is 2. The first-order chi connectivity index (χ1) is 13.2. The molecule has 2 aromatic carbocycles. The van der Waals surface area contributed by atoms with Gasteiger partial charge in [-0.1, -0.05) is 12.1 Å². The summed E-state index contributed by atoms with van der Waals surface area (Å²) in [6.07, 6.45) is 3.26. The average molecular weight is 355 g/mol. The van der Waals surface area contributed by atoms with Crippen molar-refractivity contribution in [1.82, 2.24) is 9.88 Å². The lowest BCUT2D eigenvalue weighted by atomic mass is 10.1. The van der Waals surface area contributed by atoms with E-state index in [1.54, 1.807) is 60.9 Å². The van der Waals surface area contributed by atoms with Crippen molar-refractivity contribution in [3.63, 3.8) is 0 Å². The van der Waals surface area contributed by atoms with Gasteiger partial charge in [0.15, 0.2) is 0 Å². The van der Waals surface area contributed by atoms with Crippen LogP contribution in [-0.4, -0.2) is 21.7 Å². The molecule has 0 radical (unpaired) electrons. The summed E-state index contributed by atoms with van der Waals surface area (Å²) in [4.78, 5) is 30.8. The molecule has 6 heteroatoms. The molecule has 4 rings (SSSR count). The highest BCUT2D eigenvalue weighted by molar-refractivity contribution is 6.22. The minimum Gasteiger partial charge on any atom is -0.457 e. The number of carbonyl (C=O) groups is 2. The topological polar surface area (TPSA) is 83.3 Å². The first-order valence-electron chi connectivity index (χ1n) is 8.23. The Bertz CT molecular complexity index is 1070. The van der Waals surface area contributed by atoms with Crippen molar-refractivity contribution in [1.29, 1.82) is 5.26 Å². The van der Waals surface area contributed by atoms with Crippen LogP contribution in [0, 0.1) is 11.3 Å². The molecule has 27 heavy (non-hydrogen) atoms. The van der Waals surface area contributed by atoms with E-state index in [0.717, 1.165) is 5.56 Å². The van der Waals surface area contributed by atoms with Crippen LogP contribution in [0.3, 0.4) is 0 Å². The van der Waals surface area contributed by atoms with Gasteiger partial charge in [-0.3, -0.25) is 19.5 Å². The molecule has 0 spiro atoms. The second-order valence-electron chi connectivity index (χ2n) is 5.97. The first-order valence-corrected chi connectivity index (χ1v) is 8.23. The van der Waals surface area contributed by atoms with Gasteiger partial charge in [0.05, 0.1) is 29.3 Å². The Kier molecular flexibility index (Phi) is 4.11. The summed E-state index contributed by atoms with van der Waals surface area (Å²) in [5.41, 5.74) is 1.84. The van der Waals surface area contributed by atoms with Crippen LogP contribution in [0.1, 0.15) is 31.8 Å². The smallest absolute Gasteiger partial charge is 0.265 e. The maximum absolute atomic E-state index is 12.9. The van der Waals surface area contributed by atoms with Crippen molar-refractivity contribution < 1.29 is 14.3 Å². The largest absolute Gasteiger partial charge is 0.457 e. The SMILES string of the molecule is N#Cc1ccc(Oc2cccc3c2C(=O)N(Cc2cccnc2)C3=O)cc1. The summed E-state index contributed by atoms with van der Waals surface area (Å²) >= 11 is 0. The van der Waals surface area contributed by atoms with E-state index >= 15 is 0 Å². The van der Waals surface area contributed by atoms with Gasteiger partial charge in [-0.05, 0) is 48.0 Å². The number of benzene rings is 2. The standard InChI is InChI=1S/C21H13N3O3/c22-11-14-6-8-16(9-7-14)27-18-5-1-4-17-19(18)21(26)24(20(17)25)13-15-3-2-10-23-12-15/h1-10,12H,13H2. The molecule has 0 N–H and O–H groups in total. The Morgan fingerprint density at radius 1 is 1.00 bits per heavy atom. The molecule has 0 aliphatic carbocycles. The fourth-order valence-electron chi connectivity index (χ4n) is 2.93. The normalized spacial score (nSPS) is 12.6. The zero-order chi connectivity index (χ0) is 18.8.